The van der Waals surface area contributed by atoms with E-state index >= 15 is 0 Å². The lowest BCUT2D eigenvalue weighted by atomic mass is 9.76. The number of amides is 1. The summed E-state index contributed by atoms with van der Waals surface area (Å²) in [5.41, 5.74) is 4.38. The maximum Gasteiger partial charge on any atom is 0.253 e. The fourth-order valence-electron chi connectivity index (χ4n) is 5.20. The average molecular weight is 354 g/mol. The molecule has 5 nitrogen and oxygen atoms in total. The SMILES string of the molecule is O=C(c1ccc2[nH]c3c(c2c1)CCCC3)N1C[C@@H]2CCOC[C@]2(CO)C1. The van der Waals surface area contributed by atoms with Gasteiger partial charge >= 0.3 is 0 Å². The average Bonchev–Trinajstić information content (AvgIpc) is 3.25. The zero-order chi connectivity index (χ0) is 17.7. The number of nitrogens with one attached hydrogen (secondary N) is 1. The molecule has 0 spiro atoms. The van der Waals surface area contributed by atoms with E-state index in [-0.39, 0.29) is 17.9 Å². The Labute approximate surface area is 153 Å². The van der Waals surface area contributed by atoms with Crippen LogP contribution in [0.1, 0.15) is 40.9 Å². The van der Waals surface area contributed by atoms with E-state index < -0.39 is 0 Å². The molecule has 2 N–H and O–H groups in total. The molecule has 5 heteroatoms. The van der Waals surface area contributed by atoms with Crippen molar-refractivity contribution >= 4 is 16.8 Å². The smallest absolute Gasteiger partial charge is 0.253 e. The van der Waals surface area contributed by atoms with Gasteiger partial charge in [-0.3, -0.25) is 4.79 Å². The predicted octanol–water partition coefficient (Wildman–Crippen LogP) is 2.52. The highest BCUT2D eigenvalue weighted by atomic mass is 16.5. The number of nitrogens with zero attached hydrogens (tertiary/aromatic N) is 1. The standard InChI is InChI=1S/C21H26N2O3/c24-12-21-11-23(10-15(21)7-8-26-13-21)20(25)14-5-6-19-17(9-14)16-3-1-2-4-18(16)22-19/h5-6,9,15,22,24H,1-4,7-8,10-13H2/t15-,21+/m0/s1. The molecule has 0 unspecified atom stereocenters. The van der Waals surface area contributed by atoms with Gasteiger partial charge in [0.15, 0.2) is 0 Å². The Hall–Kier alpha value is -1.85. The van der Waals surface area contributed by atoms with Crippen LogP contribution < -0.4 is 0 Å². The molecule has 26 heavy (non-hydrogen) atoms. The van der Waals surface area contributed by atoms with Gasteiger partial charge < -0.3 is 19.7 Å². The third-order valence-corrected chi connectivity index (χ3v) is 6.76. The molecular weight excluding hydrogens is 328 g/mol. The van der Waals surface area contributed by atoms with E-state index in [9.17, 15) is 9.90 Å². The van der Waals surface area contributed by atoms with Crippen LogP contribution in [0.15, 0.2) is 18.2 Å². The van der Waals surface area contributed by atoms with Crippen molar-refractivity contribution in [3.05, 3.63) is 35.0 Å². The molecule has 3 heterocycles. The number of H-pyrrole nitrogens is 1. The van der Waals surface area contributed by atoms with Crippen LogP contribution in [0.25, 0.3) is 10.9 Å². The largest absolute Gasteiger partial charge is 0.396 e. The molecule has 2 fully saturated rings. The number of hydrogen-bond donors (Lipinski definition) is 2. The number of carbonyl (C=O) groups excluding carboxylic acids is 1. The summed E-state index contributed by atoms with van der Waals surface area (Å²) < 4.78 is 5.62. The lowest BCUT2D eigenvalue weighted by molar-refractivity contribution is -0.0556. The normalized spacial score (nSPS) is 28.2. The van der Waals surface area contributed by atoms with Crippen LogP contribution in [0.5, 0.6) is 0 Å². The number of likely N-dealkylation sites (tertiary alicyclic amines) is 1. The number of benzene rings is 1. The second-order valence-electron chi connectivity index (χ2n) is 8.29. The number of aliphatic hydroxyl groups excluding tert-OH is 1. The van der Waals surface area contributed by atoms with Crippen LogP contribution in [-0.4, -0.2) is 53.8 Å². The summed E-state index contributed by atoms with van der Waals surface area (Å²) in [5.74, 6) is 0.425. The summed E-state index contributed by atoms with van der Waals surface area (Å²) in [4.78, 5) is 18.6. The van der Waals surface area contributed by atoms with Crippen LogP contribution in [-0.2, 0) is 17.6 Å². The highest BCUT2D eigenvalue weighted by Crippen LogP contribution is 2.41. The van der Waals surface area contributed by atoms with E-state index in [1.165, 1.54) is 29.5 Å². The van der Waals surface area contributed by atoms with Crippen molar-refractivity contribution < 1.29 is 14.6 Å². The quantitative estimate of drug-likeness (QED) is 0.871. The van der Waals surface area contributed by atoms with Crippen LogP contribution in [0.2, 0.25) is 0 Å². The van der Waals surface area contributed by atoms with Gasteiger partial charge in [0.2, 0.25) is 0 Å². The Balaban J connectivity index is 1.45. The minimum absolute atomic E-state index is 0.0832. The maximum atomic E-state index is 13.2. The third kappa shape index (κ3) is 2.41. The molecule has 1 amide bonds. The molecular formula is C21H26N2O3. The number of rotatable bonds is 2. The first-order valence-corrected chi connectivity index (χ1v) is 9.81. The Morgan fingerprint density at radius 3 is 3.08 bits per heavy atom. The van der Waals surface area contributed by atoms with Crippen LogP contribution in [0.3, 0.4) is 0 Å². The van der Waals surface area contributed by atoms with Crippen molar-refractivity contribution in [3.63, 3.8) is 0 Å². The van der Waals surface area contributed by atoms with E-state index in [1.54, 1.807) is 0 Å². The summed E-state index contributed by atoms with van der Waals surface area (Å²) in [5, 5.41) is 11.2. The van der Waals surface area contributed by atoms with Gasteiger partial charge in [-0.25, -0.2) is 0 Å². The molecule has 0 saturated carbocycles. The lowest BCUT2D eigenvalue weighted by Gasteiger charge is -2.36. The molecule has 1 aliphatic carbocycles. The minimum Gasteiger partial charge on any atom is -0.396 e. The van der Waals surface area contributed by atoms with E-state index in [4.69, 9.17) is 4.74 Å². The van der Waals surface area contributed by atoms with Crippen molar-refractivity contribution in [3.8, 4) is 0 Å². The van der Waals surface area contributed by atoms with E-state index in [0.717, 1.165) is 43.5 Å². The summed E-state index contributed by atoms with van der Waals surface area (Å²) in [6.07, 6.45) is 5.61. The molecule has 5 rings (SSSR count). The summed E-state index contributed by atoms with van der Waals surface area (Å²) in [6, 6.07) is 6.06. The fraction of sp³-hybridized carbons (Fsp3) is 0.571. The second-order valence-corrected chi connectivity index (χ2v) is 8.29. The number of carbonyl (C=O) groups is 1. The van der Waals surface area contributed by atoms with Gasteiger partial charge in [0.25, 0.3) is 5.91 Å². The van der Waals surface area contributed by atoms with Gasteiger partial charge in [0, 0.05) is 47.3 Å². The molecule has 2 aliphatic heterocycles. The summed E-state index contributed by atoms with van der Waals surface area (Å²) >= 11 is 0. The van der Waals surface area contributed by atoms with Crippen LogP contribution in [0, 0.1) is 11.3 Å². The highest BCUT2D eigenvalue weighted by Gasteiger charge is 2.49. The maximum absolute atomic E-state index is 13.2. The van der Waals surface area contributed by atoms with Crippen molar-refractivity contribution in [2.24, 2.45) is 11.3 Å². The molecule has 2 atom stereocenters. The molecule has 2 aromatic rings. The molecule has 1 aromatic heterocycles. The van der Waals surface area contributed by atoms with E-state index in [0.29, 0.717) is 19.1 Å². The number of ether oxygens (including phenoxy) is 1. The first kappa shape index (κ1) is 16.3. The number of fused-ring (bicyclic) bond motifs is 4. The van der Waals surface area contributed by atoms with Gasteiger partial charge in [-0.2, -0.15) is 0 Å². The number of hydrogen-bond acceptors (Lipinski definition) is 3. The first-order valence-electron chi connectivity index (χ1n) is 9.81. The minimum atomic E-state index is -0.273. The van der Waals surface area contributed by atoms with Crippen LogP contribution in [0.4, 0.5) is 0 Å². The monoisotopic (exact) mass is 354 g/mol. The molecule has 1 aromatic carbocycles. The second kappa shape index (κ2) is 6.10. The van der Waals surface area contributed by atoms with Crippen LogP contribution >= 0.6 is 0 Å². The predicted molar refractivity (Wildman–Crippen MR) is 99.3 cm³/mol. The molecule has 0 radical (unpaired) electrons. The molecule has 3 aliphatic rings. The third-order valence-electron chi connectivity index (χ3n) is 6.76. The topological polar surface area (TPSA) is 65.6 Å². The molecule has 138 valence electrons. The Kier molecular flexibility index (Phi) is 3.83. The van der Waals surface area contributed by atoms with Gasteiger partial charge in [0.1, 0.15) is 0 Å². The lowest BCUT2D eigenvalue weighted by Crippen LogP contribution is -2.43. The number of aromatic nitrogens is 1. The van der Waals surface area contributed by atoms with Crippen molar-refractivity contribution in [1.82, 2.24) is 9.88 Å². The number of aryl methyl sites for hydroxylation is 2. The Morgan fingerprint density at radius 1 is 1.35 bits per heavy atom. The van der Waals surface area contributed by atoms with Crippen molar-refractivity contribution in [2.75, 3.05) is 32.9 Å². The fourth-order valence-corrected chi connectivity index (χ4v) is 5.20. The number of aromatic amines is 1. The highest BCUT2D eigenvalue weighted by molar-refractivity contribution is 5.99. The molecule has 2 saturated heterocycles. The summed E-state index contributed by atoms with van der Waals surface area (Å²) in [6.45, 7) is 2.70. The van der Waals surface area contributed by atoms with Gasteiger partial charge in [-0.05, 0) is 61.8 Å². The molecule has 0 bridgehead atoms. The van der Waals surface area contributed by atoms with Crippen molar-refractivity contribution in [2.45, 2.75) is 32.1 Å². The van der Waals surface area contributed by atoms with Gasteiger partial charge in [0.05, 0.1) is 13.2 Å². The van der Waals surface area contributed by atoms with E-state index in [2.05, 4.69) is 17.1 Å². The Morgan fingerprint density at radius 2 is 2.23 bits per heavy atom. The Bertz CT molecular complexity index is 858. The number of aliphatic hydroxyl groups is 1. The zero-order valence-electron chi connectivity index (χ0n) is 15.1. The van der Waals surface area contributed by atoms with Gasteiger partial charge in [-0.1, -0.05) is 0 Å². The summed E-state index contributed by atoms with van der Waals surface area (Å²) in [7, 11) is 0. The van der Waals surface area contributed by atoms with E-state index in [1.807, 2.05) is 11.0 Å². The zero-order valence-corrected chi connectivity index (χ0v) is 15.1. The van der Waals surface area contributed by atoms with Gasteiger partial charge in [-0.15, -0.1) is 0 Å². The first-order chi connectivity index (χ1) is 12.7. The van der Waals surface area contributed by atoms with Crippen molar-refractivity contribution in [1.29, 1.82) is 0 Å².